The van der Waals surface area contributed by atoms with E-state index in [0.29, 0.717) is 17.9 Å². The molecule has 0 aliphatic heterocycles. The van der Waals surface area contributed by atoms with Crippen LogP contribution in [0.2, 0.25) is 0 Å². The van der Waals surface area contributed by atoms with Crippen molar-refractivity contribution in [1.29, 1.82) is 0 Å². The fourth-order valence-electron chi connectivity index (χ4n) is 3.00. The Labute approximate surface area is 86.5 Å². The van der Waals surface area contributed by atoms with Crippen molar-refractivity contribution in [2.45, 2.75) is 32.8 Å². The lowest BCUT2D eigenvalue weighted by atomic mass is 9.47. The normalized spacial score (nSPS) is 38.6. The van der Waals surface area contributed by atoms with Gasteiger partial charge in [0.05, 0.1) is 6.10 Å². The van der Waals surface area contributed by atoms with Gasteiger partial charge < -0.3 is 4.74 Å². The Morgan fingerprint density at radius 3 is 2.79 bits per heavy atom. The molecule has 3 fully saturated rings. The van der Waals surface area contributed by atoms with Crippen LogP contribution in [0.4, 0.5) is 0 Å². The molecular weight excluding hydrogens is 172 g/mol. The minimum atomic E-state index is 0.225. The molecule has 3 saturated carbocycles. The number of rotatable bonds is 2. The molecule has 0 heterocycles. The quantitative estimate of drug-likeness (QED) is 0.480. The van der Waals surface area contributed by atoms with Crippen molar-refractivity contribution >= 4 is 0 Å². The van der Waals surface area contributed by atoms with Crippen molar-refractivity contribution in [3.8, 4) is 12.3 Å². The van der Waals surface area contributed by atoms with Crippen LogP contribution in [0.15, 0.2) is 12.2 Å². The van der Waals surface area contributed by atoms with Crippen molar-refractivity contribution < 1.29 is 4.74 Å². The lowest BCUT2D eigenvalue weighted by molar-refractivity contribution is -0.0855. The average molecular weight is 190 g/mol. The Kier molecular flexibility index (Phi) is 2.20. The first kappa shape index (κ1) is 9.80. The van der Waals surface area contributed by atoms with E-state index in [2.05, 4.69) is 26.3 Å². The summed E-state index contributed by atoms with van der Waals surface area (Å²) in [7, 11) is 0. The van der Waals surface area contributed by atoms with Gasteiger partial charge >= 0.3 is 0 Å². The summed E-state index contributed by atoms with van der Waals surface area (Å²) in [5.74, 6) is 3.99. The summed E-state index contributed by atoms with van der Waals surface area (Å²) in [4.78, 5) is 0. The van der Waals surface area contributed by atoms with E-state index in [1.54, 1.807) is 0 Å². The van der Waals surface area contributed by atoms with Gasteiger partial charge in [0, 0.05) is 0 Å². The molecule has 3 atom stereocenters. The number of hydrogen-bond acceptors (Lipinski definition) is 1. The molecule has 3 rings (SSSR count). The van der Waals surface area contributed by atoms with E-state index in [1.165, 1.54) is 12.0 Å². The predicted octanol–water partition coefficient (Wildman–Crippen LogP) is 2.63. The largest absolute Gasteiger partial charge is 0.361 e. The third kappa shape index (κ3) is 1.21. The van der Waals surface area contributed by atoms with Crippen LogP contribution in [-0.4, -0.2) is 12.7 Å². The first-order valence-corrected chi connectivity index (χ1v) is 5.31. The molecule has 76 valence electrons. The maximum absolute atomic E-state index is 5.60. The molecule has 0 aromatic carbocycles. The lowest BCUT2D eigenvalue weighted by Gasteiger charge is -2.59. The van der Waals surface area contributed by atoms with Gasteiger partial charge in [-0.15, -0.1) is 6.42 Å². The molecule has 2 bridgehead atoms. The highest BCUT2D eigenvalue weighted by atomic mass is 16.5. The Hall–Kier alpha value is -0.740. The highest BCUT2D eigenvalue weighted by molar-refractivity contribution is 5.23. The van der Waals surface area contributed by atoms with E-state index in [-0.39, 0.29) is 6.10 Å². The van der Waals surface area contributed by atoms with Crippen LogP contribution in [0.5, 0.6) is 0 Å². The Morgan fingerprint density at radius 1 is 1.57 bits per heavy atom. The van der Waals surface area contributed by atoms with Crippen molar-refractivity contribution in [3.05, 3.63) is 12.2 Å². The third-order valence-corrected chi connectivity index (χ3v) is 4.20. The summed E-state index contributed by atoms with van der Waals surface area (Å²) in [6.45, 7) is 9.27. The van der Waals surface area contributed by atoms with E-state index in [0.717, 1.165) is 12.3 Å². The highest BCUT2D eigenvalue weighted by Gasteiger charge is 2.54. The topological polar surface area (TPSA) is 9.23 Å². The van der Waals surface area contributed by atoms with Crippen molar-refractivity contribution in [1.82, 2.24) is 0 Å². The van der Waals surface area contributed by atoms with Crippen LogP contribution in [0.1, 0.15) is 26.7 Å². The minimum absolute atomic E-state index is 0.225. The van der Waals surface area contributed by atoms with Gasteiger partial charge in [-0.05, 0) is 35.7 Å². The standard InChI is InChI=1S/C13H18O/c1-5-6-14-12-8-10-7-11(9(12)2)13(10,3)4/h1,10-12H,2,6-8H2,3-4H3. The zero-order valence-corrected chi connectivity index (χ0v) is 9.05. The minimum Gasteiger partial charge on any atom is -0.361 e. The molecule has 1 nitrogen and oxygen atoms in total. The predicted molar refractivity (Wildman–Crippen MR) is 57.7 cm³/mol. The number of hydrogen-bond donors (Lipinski definition) is 0. The van der Waals surface area contributed by atoms with Gasteiger partial charge in [0.2, 0.25) is 0 Å². The summed E-state index contributed by atoms with van der Waals surface area (Å²) in [6, 6.07) is 0. The molecule has 0 spiro atoms. The maximum atomic E-state index is 5.60. The smallest absolute Gasteiger partial charge is 0.108 e. The monoisotopic (exact) mass is 190 g/mol. The molecule has 14 heavy (non-hydrogen) atoms. The fraction of sp³-hybridized carbons (Fsp3) is 0.692. The van der Waals surface area contributed by atoms with Gasteiger partial charge in [0.15, 0.2) is 0 Å². The van der Waals surface area contributed by atoms with Crippen LogP contribution in [-0.2, 0) is 4.74 Å². The van der Waals surface area contributed by atoms with Crippen LogP contribution < -0.4 is 0 Å². The van der Waals surface area contributed by atoms with Crippen molar-refractivity contribution in [2.75, 3.05) is 6.61 Å². The second-order valence-corrected chi connectivity index (χ2v) is 5.12. The van der Waals surface area contributed by atoms with E-state index in [1.807, 2.05) is 0 Å². The molecular formula is C13H18O. The highest BCUT2D eigenvalue weighted by Crippen LogP contribution is 2.61. The van der Waals surface area contributed by atoms with E-state index in [4.69, 9.17) is 11.2 Å². The zero-order valence-electron chi connectivity index (χ0n) is 9.05. The Bertz CT molecular complexity index is 295. The van der Waals surface area contributed by atoms with E-state index < -0.39 is 0 Å². The second-order valence-electron chi connectivity index (χ2n) is 5.12. The number of terminal acetylenes is 1. The van der Waals surface area contributed by atoms with Gasteiger partial charge in [0.25, 0.3) is 0 Å². The molecule has 3 aliphatic carbocycles. The second kappa shape index (κ2) is 3.14. The summed E-state index contributed by atoms with van der Waals surface area (Å²) >= 11 is 0. The molecule has 3 unspecified atom stereocenters. The molecule has 0 radical (unpaired) electrons. The molecule has 0 N–H and O–H groups in total. The fourth-order valence-corrected chi connectivity index (χ4v) is 3.00. The van der Waals surface area contributed by atoms with Gasteiger partial charge in [-0.1, -0.05) is 26.3 Å². The lowest BCUT2D eigenvalue weighted by Crippen LogP contribution is -2.53. The summed E-state index contributed by atoms with van der Waals surface area (Å²) in [5, 5.41) is 0. The Balaban J connectivity index is 2.02. The van der Waals surface area contributed by atoms with Gasteiger partial charge in [-0.3, -0.25) is 0 Å². The van der Waals surface area contributed by atoms with Crippen molar-refractivity contribution in [3.63, 3.8) is 0 Å². The summed E-state index contributed by atoms with van der Waals surface area (Å²) in [5.41, 5.74) is 1.72. The van der Waals surface area contributed by atoms with E-state index in [9.17, 15) is 0 Å². The van der Waals surface area contributed by atoms with Crippen LogP contribution in [0.25, 0.3) is 0 Å². The molecule has 0 saturated heterocycles. The van der Waals surface area contributed by atoms with E-state index >= 15 is 0 Å². The SMILES string of the molecule is C#CCOC1CC2CC(C1=C)C2(C)C. The van der Waals surface area contributed by atoms with Gasteiger partial charge in [-0.25, -0.2) is 0 Å². The molecule has 0 amide bonds. The molecule has 0 aromatic rings. The molecule has 0 aromatic heterocycles. The van der Waals surface area contributed by atoms with Crippen LogP contribution >= 0.6 is 0 Å². The third-order valence-electron chi connectivity index (χ3n) is 4.20. The van der Waals surface area contributed by atoms with Gasteiger partial charge in [-0.2, -0.15) is 0 Å². The Morgan fingerprint density at radius 2 is 2.29 bits per heavy atom. The maximum Gasteiger partial charge on any atom is 0.108 e. The molecule has 3 aliphatic rings. The van der Waals surface area contributed by atoms with Crippen LogP contribution in [0, 0.1) is 29.6 Å². The summed E-state index contributed by atoms with van der Waals surface area (Å²) in [6.07, 6.45) is 7.83. The van der Waals surface area contributed by atoms with Crippen LogP contribution in [0.3, 0.4) is 0 Å². The number of fused-ring (bicyclic) bond motifs is 2. The first-order valence-electron chi connectivity index (χ1n) is 5.31. The first-order chi connectivity index (χ1) is 6.57. The number of ether oxygens (including phenoxy) is 1. The van der Waals surface area contributed by atoms with Crippen molar-refractivity contribution in [2.24, 2.45) is 17.3 Å². The average Bonchev–Trinajstić information content (AvgIpc) is 2.15. The zero-order chi connectivity index (χ0) is 10.3. The van der Waals surface area contributed by atoms with Gasteiger partial charge in [0.1, 0.15) is 6.61 Å². The summed E-state index contributed by atoms with van der Waals surface area (Å²) < 4.78 is 5.60. The molecule has 1 heteroatoms.